The lowest BCUT2D eigenvalue weighted by Gasteiger charge is -2.18. The molecule has 1 atom stereocenters. The first-order valence-corrected chi connectivity index (χ1v) is 12.3. The Morgan fingerprint density at radius 1 is 1.26 bits per heavy atom. The molecule has 4 rings (SSSR count). The van der Waals surface area contributed by atoms with Gasteiger partial charge in [-0.2, -0.15) is 0 Å². The van der Waals surface area contributed by atoms with E-state index < -0.39 is 0 Å². The number of thioether (sulfide) groups is 2. The molecule has 3 aromatic heterocycles. The predicted octanol–water partition coefficient (Wildman–Crippen LogP) is 4.93. The van der Waals surface area contributed by atoms with Gasteiger partial charge in [-0.3, -0.25) is 0 Å². The van der Waals surface area contributed by atoms with Crippen LogP contribution in [0.5, 0.6) is 0 Å². The molecule has 0 bridgehead atoms. The Labute approximate surface area is 173 Å². The molecule has 0 aromatic carbocycles. The van der Waals surface area contributed by atoms with Gasteiger partial charge >= 0.3 is 0 Å². The van der Waals surface area contributed by atoms with Gasteiger partial charge in [0.2, 0.25) is 0 Å². The number of aryl methyl sites for hydroxylation is 1. The molecule has 146 valence electrons. The van der Waals surface area contributed by atoms with E-state index in [1.807, 2.05) is 11.3 Å². The second-order valence-corrected chi connectivity index (χ2v) is 11.5. The average Bonchev–Trinajstić information content (AvgIpc) is 3.16. The summed E-state index contributed by atoms with van der Waals surface area (Å²) in [5.74, 6) is 1.58. The van der Waals surface area contributed by atoms with Gasteiger partial charge in [0.1, 0.15) is 4.83 Å². The number of rotatable bonds is 6. The minimum atomic E-state index is 0.466. The summed E-state index contributed by atoms with van der Waals surface area (Å²) < 4.78 is 2.21. The molecule has 5 nitrogen and oxygen atoms in total. The molecule has 8 heteroatoms. The summed E-state index contributed by atoms with van der Waals surface area (Å²) in [5.41, 5.74) is 2.49. The van der Waals surface area contributed by atoms with Crippen molar-refractivity contribution >= 4 is 50.7 Å². The Bertz CT molecular complexity index is 959. The lowest BCUT2D eigenvalue weighted by Crippen LogP contribution is -2.15. The zero-order valence-corrected chi connectivity index (χ0v) is 19.1. The highest BCUT2D eigenvalue weighted by Crippen LogP contribution is 2.44. The van der Waals surface area contributed by atoms with Crippen LogP contribution in [0.2, 0.25) is 0 Å². The van der Waals surface area contributed by atoms with Gasteiger partial charge in [0, 0.05) is 22.4 Å². The third kappa shape index (κ3) is 3.73. The molecule has 0 saturated heterocycles. The zero-order valence-electron chi connectivity index (χ0n) is 16.7. The van der Waals surface area contributed by atoms with Gasteiger partial charge in [0.05, 0.1) is 5.39 Å². The van der Waals surface area contributed by atoms with Gasteiger partial charge in [-0.1, -0.05) is 44.3 Å². The van der Waals surface area contributed by atoms with Crippen LogP contribution < -0.4 is 0 Å². The fourth-order valence-electron chi connectivity index (χ4n) is 3.64. The molecule has 0 aliphatic heterocycles. The molecule has 0 fully saturated rings. The molecule has 0 radical (unpaired) electrons. The topological polar surface area (TPSA) is 46.3 Å². The minimum absolute atomic E-state index is 0.466. The minimum Gasteiger partial charge on any atom is -0.309 e. The van der Waals surface area contributed by atoms with E-state index in [0.717, 1.165) is 33.1 Å². The number of fused-ring (bicyclic) bond motifs is 5. The van der Waals surface area contributed by atoms with Gasteiger partial charge in [-0.05, 0) is 44.8 Å². The summed E-state index contributed by atoms with van der Waals surface area (Å²) in [5, 5.41) is 12.9. The maximum Gasteiger partial charge on any atom is 0.197 e. The molecular weight excluding hydrogens is 394 g/mol. The van der Waals surface area contributed by atoms with Crippen LogP contribution in [0.4, 0.5) is 0 Å². The van der Waals surface area contributed by atoms with Crippen LogP contribution in [0.3, 0.4) is 0 Å². The highest BCUT2D eigenvalue weighted by atomic mass is 32.2. The summed E-state index contributed by atoms with van der Waals surface area (Å²) in [7, 11) is 4.21. The number of aromatic nitrogens is 4. The lowest BCUT2D eigenvalue weighted by atomic mass is 9.87. The van der Waals surface area contributed by atoms with Gasteiger partial charge in [0.15, 0.2) is 16.0 Å². The summed E-state index contributed by atoms with van der Waals surface area (Å²) >= 11 is 5.45. The summed E-state index contributed by atoms with van der Waals surface area (Å²) in [6.45, 7) is 7.80. The largest absolute Gasteiger partial charge is 0.309 e. The Kier molecular flexibility index (Phi) is 5.69. The van der Waals surface area contributed by atoms with Crippen molar-refractivity contribution in [3.8, 4) is 0 Å². The third-order valence-electron chi connectivity index (χ3n) is 4.89. The second-order valence-electron chi connectivity index (χ2n) is 7.77. The molecule has 0 spiro atoms. The van der Waals surface area contributed by atoms with Gasteiger partial charge in [-0.15, -0.1) is 21.5 Å². The number of thiophene rings is 1. The normalized spacial score (nSPS) is 17.5. The Morgan fingerprint density at radius 2 is 2.07 bits per heavy atom. The SMILES string of the molecule is CC(C)Sc1nc2sc3c(c2c2nnc(SCCN(C)C)n12)[C@H](C)CCC3. The van der Waals surface area contributed by atoms with Crippen LogP contribution >= 0.6 is 34.9 Å². The van der Waals surface area contributed by atoms with Crippen molar-refractivity contribution in [1.82, 2.24) is 24.5 Å². The fraction of sp³-hybridized carbons (Fsp3) is 0.632. The Morgan fingerprint density at radius 3 is 2.81 bits per heavy atom. The molecule has 0 amide bonds. The van der Waals surface area contributed by atoms with Crippen LogP contribution in [-0.4, -0.2) is 56.1 Å². The smallest absolute Gasteiger partial charge is 0.197 e. The van der Waals surface area contributed by atoms with Crippen LogP contribution in [0.1, 0.15) is 50.0 Å². The van der Waals surface area contributed by atoms with Crippen molar-refractivity contribution in [1.29, 1.82) is 0 Å². The lowest BCUT2D eigenvalue weighted by molar-refractivity contribution is 0.437. The first kappa shape index (κ1) is 19.5. The van der Waals surface area contributed by atoms with E-state index in [1.54, 1.807) is 23.5 Å². The van der Waals surface area contributed by atoms with Crippen LogP contribution in [0.25, 0.3) is 15.9 Å². The van der Waals surface area contributed by atoms with Crippen molar-refractivity contribution in [2.75, 3.05) is 26.4 Å². The highest BCUT2D eigenvalue weighted by molar-refractivity contribution is 8.00. The highest BCUT2D eigenvalue weighted by Gasteiger charge is 2.27. The molecule has 3 heterocycles. The Balaban J connectivity index is 1.89. The second kappa shape index (κ2) is 7.89. The van der Waals surface area contributed by atoms with Crippen LogP contribution in [-0.2, 0) is 6.42 Å². The number of nitrogens with zero attached hydrogens (tertiary/aromatic N) is 5. The van der Waals surface area contributed by atoms with E-state index in [1.165, 1.54) is 35.1 Å². The number of hydrogen-bond donors (Lipinski definition) is 0. The van der Waals surface area contributed by atoms with E-state index in [2.05, 4.69) is 54.4 Å². The molecular formula is C19H27N5S3. The first-order chi connectivity index (χ1) is 13.0. The molecule has 1 aliphatic rings. The summed E-state index contributed by atoms with van der Waals surface area (Å²) in [6, 6.07) is 0. The van der Waals surface area contributed by atoms with Crippen molar-refractivity contribution in [2.24, 2.45) is 0 Å². The van der Waals surface area contributed by atoms with E-state index in [4.69, 9.17) is 4.98 Å². The molecule has 0 N–H and O–H groups in total. The third-order valence-corrected chi connectivity index (χ3v) is 7.92. The maximum absolute atomic E-state index is 5.10. The molecule has 3 aromatic rings. The van der Waals surface area contributed by atoms with Gasteiger partial charge < -0.3 is 4.90 Å². The van der Waals surface area contributed by atoms with Crippen LogP contribution in [0.15, 0.2) is 10.3 Å². The molecule has 1 aliphatic carbocycles. The van der Waals surface area contributed by atoms with Crippen molar-refractivity contribution in [2.45, 2.75) is 61.5 Å². The summed E-state index contributed by atoms with van der Waals surface area (Å²) in [4.78, 5) is 9.95. The van der Waals surface area contributed by atoms with E-state index in [-0.39, 0.29) is 0 Å². The summed E-state index contributed by atoms with van der Waals surface area (Å²) in [6.07, 6.45) is 3.72. The van der Waals surface area contributed by atoms with Crippen molar-refractivity contribution < 1.29 is 0 Å². The standard InChI is InChI=1S/C19H27N5S3/c1-11(2)26-18-20-17-15(14-12(3)7-6-8-13(14)27-17)16-21-22-19(24(16)18)25-10-9-23(4)5/h11-12H,6-10H2,1-5H3/t12-/m1/s1. The molecule has 27 heavy (non-hydrogen) atoms. The monoisotopic (exact) mass is 421 g/mol. The van der Waals surface area contributed by atoms with Crippen LogP contribution in [0, 0.1) is 0 Å². The van der Waals surface area contributed by atoms with Crippen molar-refractivity contribution in [3.63, 3.8) is 0 Å². The quantitative estimate of drug-likeness (QED) is 0.415. The van der Waals surface area contributed by atoms with Crippen molar-refractivity contribution in [3.05, 3.63) is 10.4 Å². The number of hydrogen-bond acceptors (Lipinski definition) is 7. The first-order valence-electron chi connectivity index (χ1n) is 9.60. The predicted molar refractivity (Wildman–Crippen MR) is 118 cm³/mol. The zero-order chi connectivity index (χ0) is 19.1. The van der Waals surface area contributed by atoms with E-state index in [0.29, 0.717) is 11.2 Å². The maximum atomic E-state index is 5.10. The average molecular weight is 422 g/mol. The van der Waals surface area contributed by atoms with E-state index in [9.17, 15) is 0 Å². The van der Waals surface area contributed by atoms with Gasteiger partial charge in [0.25, 0.3) is 0 Å². The Hall–Kier alpha value is -0.830. The van der Waals surface area contributed by atoms with E-state index >= 15 is 0 Å². The molecule has 0 unspecified atom stereocenters. The van der Waals surface area contributed by atoms with Gasteiger partial charge in [-0.25, -0.2) is 9.38 Å². The molecule has 0 saturated carbocycles. The fourth-order valence-corrected chi connectivity index (χ4v) is 6.96.